The summed E-state index contributed by atoms with van der Waals surface area (Å²) in [5, 5.41) is 32.2. The first-order chi connectivity index (χ1) is 11.6. The molecule has 2 N–H and O–H groups in total. The summed E-state index contributed by atoms with van der Waals surface area (Å²) < 4.78 is 7.22. The molecule has 0 radical (unpaired) electrons. The maximum absolute atomic E-state index is 11.0. The number of hydrogen-bond acceptors (Lipinski definition) is 5. The molecule has 2 atom stereocenters. The van der Waals surface area contributed by atoms with Crippen LogP contribution in [0.3, 0.4) is 0 Å². The van der Waals surface area contributed by atoms with E-state index in [0.29, 0.717) is 11.1 Å². The van der Waals surface area contributed by atoms with Crippen LogP contribution < -0.4 is 0 Å². The van der Waals surface area contributed by atoms with Crippen LogP contribution in [0.5, 0.6) is 11.8 Å². The first-order valence-electron chi connectivity index (χ1n) is 7.60. The Balaban J connectivity index is 1.97. The molecule has 1 aromatic heterocycles. The molecule has 0 spiro atoms. The van der Waals surface area contributed by atoms with Crippen molar-refractivity contribution in [3.8, 4) is 17.4 Å². The number of rotatable bonds is 2. The third-order valence-electron chi connectivity index (χ3n) is 5.15. The van der Waals surface area contributed by atoms with E-state index < -0.39 is 21.8 Å². The minimum absolute atomic E-state index is 0.181. The Hall–Kier alpha value is -1.96. The smallest absolute Gasteiger partial charge is 0.306 e. The number of benzene rings is 1. The van der Waals surface area contributed by atoms with E-state index in [0.717, 1.165) is 12.8 Å². The zero-order chi connectivity index (χ0) is 18.3. The third kappa shape index (κ3) is 1.97. The van der Waals surface area contributed by atoms with E-state index >= 15 is 0 Å². The van der Waals surface area contributed by atoms with Gasteiger partial charge in [-0.3, -0.25) is 14.7 Å². The lowest BCUT2D eigenvalue weighted by atomic mass is 9.80. The van der Waals surface area contributed by atoms with E-state index in [1.807, 2.05) is 13.8 Å². The molecule has 132 valence electrons. The first kappa shape index (κ1) is 16.5. The molecule has 2 aliphatic heterocycles. The number of hydrogen-bond donors (Lipinski definition) is 2. The van der Waals surface area contributed by atoms with Crippen molar-refractivity contribution >= 4 is 28.9 Å². The van der Waals surface area contributed by atoms with Crippen molar-refractivity contribution in [1.82, 2.24) is 4.57 Å². The standard InChI is InChI=1S/C16H14Cl2N2O5/c1-15-3-4-16(2,25-15)11-10(15)13(21)19(14(11)22)7-5-8(17)12(20(23)24)9(18)6-7/h5-6,21-22H,3-4H2,1-2H3/t15-,16+. The number of nitro groups is 1. The first-order valence-corrected chi connectivity index (χ1v) is 8.36. The van der Waals surface area contributed by atoms with E-state index in [2.05, 4.69) is 0 Å². The van der Waals surface area contributed by atoms with Crippen LogP contribution in [0, 0.1) is 10.1 Å². The summed E-state index contributed by atoms with van der Waals surface area (Å²) in [5.41, 5.74) is -0.505. The molecule has 1 fully saturated rings. The van der Waals surface area contributed by atoms with Crippen molar-refractivity contribution in [2.45, 2.75) is 37.9 Å². The van der Waals surface area contributed by atoms with Crippen molar-refractivity contribution < 1.29 is 19.9 Å². The molecule has 2 bridgehead atoms. The molecule has 2 aromatic rings. The van der Waals surface area contributed by atoms with Gasteiger partial charge in [0.25, 0.3) is 0 Å². The van der Waals surface area contributed by atoms with Gasteiger partial charge in [0.2, 0.25) is 11.8 Å². The van der Waals surface area contributed by atoms with Gasteiger partial charge in [0.1, 0.15) is 10.0 Å². The summed E-state index contributed by atoms with van der Waals surface area (Å²) in [6.45, 7) is 3.73. The molecule has 0 amide bonds. The Bertz CT molecular complexity index is 894. The Morgan fingerprint density at radius 3 is 1.96 bits per heavy atom. The maximum Gasteiger partial charge on any atom is 0.306 e. The largest absolute Gasteiger partial charge is 0.494 e. The summed E-state index contributed by atoms with van der Waals surface area (Å²) in [5.74, 6) is -0.362. The predicted molar refractivity (Wildman–Crippen MR) is 90.8 cm³/mol. The molecular weight excluding hydrogens is 371 g/mol. The van der Waals surface area contributed by atoms with E-state index in [4.69, 9.17) is 27.9 Å². The maximum atomic E-state index is 11.0. The molecule has 1 saturated heterocycles. The number of aromatic hydroxyl groups is 2. The Kier molecular flexibility index (Phi) is 3.18. The Morgan fingerprint density at radius 2 is 1.56 bits per heavy atom. The number of fused-ring (bicyclic) bond motifs is 5. The van der Waals surface area contributed by atoms with Crippen LogP contribution in [0.1, 0.15) is 37.8 Å². The van der Waals surface area contributed by atoms with Gasteiger partial charge in [-0.2, -0.15) is 0 Å². The van der Waals surface area contributed by atoms with Gasteiger partial charge >= 0.3 is 5.69 Å². The Labute approximate surface area is 152 Å². The van der Waals surface area contributed by atoms with Crippen molar-refractivity contribution in [3.63, 3.8) is 0 Å². The summed E-state index contributed by atoms with van der Waals surface area (Å²) in [6.07, 6.45) is 1.44. The lowest BCUT2D eigenvalue weighted by molar-refractivity contribution is -0.384. The van der Waals surface area contributed by atoms with Crippen LogP contribution in [-0.2, 0) is 15.9 Å². The van der Waals surface area contributed by atoms with Crippen LogP contribution in [0.4, 0.5) is 5.69 Å². The van der Waals surface area contributed by atoms with E-state index in [9.17, 15) is 20.3 Å². The second-order valence-electron chi connectivity index (χ2n) is 6.81. The molecule has 0 aliphatic carbocycles. The monoisotopic (exact) mass is 384 g/mol. The highest BCUT2D eigenvalue weighted by atomic mass is 35.5. The third-order valence-corrected chi connectivity index (χ3v) is 5.73. The zero-order valence-corrected chi connectivity index (χ0v) is 14.9. The second-order valence-corrected chi connectivity index (χ2v) is 7.63. The molecular formula is C16H14Cl2N2O5. The molecule has 7 nitrogen and oxygen atoms in total. The minimum Gasteiger partial charge on any atom is -0.494 e. The summed E-state index contributed by atoms with van der Waals surface area (Å²) in [7, 11) is 0. The van der Waals surface area contributed by atoms with Gasteiger partial charge in [-0.15, -0.1) is 0 Å². The molecule has 3 heterocycles. The fourth-order valence-corrected chi connectivity index (χ4v) is 4.69. The Morgan fingerprint density at radius 1 is 1.12 bits per heavy atom. The molecule has 0 saturated carbocycles. The van der Waals surface area contributed by atoms with Crippen LogP contribution >= 0.6 is 23.2 Å². The average Bonchev–Trinajstić information content (AvgIpc) is 3.02. The van der Waals surface area contributed by atoms with Gasteiger partial charge < -0.3 is 14.9 Å². The quantitative estimate of drug-likeness (QED) is 0.591. The van der Waals surface area contributed by atoms with Gasteiger partial charge in [-0.05, 0) is 38.8 Å². The lowest BCUT2D eigenvalue weighted by Crippen LogP contribution is -2.17. The summed E-state index contributed by atoms with van der Waals surface area (Å²) in [4.78, 5) is 10.4. The molecule has 25 heavy (non-hydrogen) atoms. The van der Waals surface area contributed by atoms with Crippen LogP contribution in [0.25, 0.3) is 5.69 Å². The molecule has 2 aliphatic rings. The number of aromatic nitrogens is 1. The highest BCUT2D eigenvalue weighted by Gasteiger charge is 2.59. The van der Waals surface area contributed by atoms with Crippen LogP contribution in [-0.4, -0.2) is 19.7 Å². The second kappa shape index (κ2) is 4.81. The molecule has 9 heteroatoms. The van der Waals surface area contributed by atoms with Crippen LogP contribution in [0.15, 0.2) is 12.1 Å². The van der Waals surface area contributed by atoms with Crippen molar-refractivity contribution in [2.75, 3.05) is 0 Å². The topological polar surface area (TPSA) is 97.8 Å². The number of nitrogens with zero attached hydrogens (tertiary/aromatic N) is 2. The highest BCUT2D eigenvalue weighted by Crippen LogP contribution is 2.64. The van der Waals surface area contributed by atoms with E-state index in [1.165, 1.54) is 16.7 Å². The SMILES string of the molecule is C[C@]12CC[C@](C)(O1)c1c2c(O)n(-c2cc(Cl)c([N+](=O)[O-])c(Cl)c2)c1O. The number of halogens is 2. The average molecular weight is 385 g/mol. The van der Waals surface area contributed by atoms with Gasteiger partial charge in [0, 0.05) is 0 Å². The zero-order valence-electron chi connectivity index (χ0n) is 13.3. The fourth-order valence-electron chi connectivity index (χ4n) is 4.08. The van der Waals surface area contributed by atoms with E-state index in [-0.39, 0.29) is 27.5 Å². The molecule has 1 aromatic carbocycles. The lowest BCUT2D eigenvalue weighted by Gasteiger charge is -2.21. The van der Waals surface area contributed by atoms with Crippen molar-refractivity contribution in [2.24, 2.45) is 0 Å². The number of ether oxygens (including phenoxy) is 1. The summed E-state index contributed by atoms with van der Waals surface area (Å²) >= 11 is 12.0. The normalized spacial score (nSPS) is 26.9. The van der Waals surface area contributed by atoms with Gasteiger partial charge in [-0.25, -0.2) is 0 Å². The molecule has 0 unspecified atom stereocenters. The summed E-state index contributed by atoms with van der Waals surface area (Å²) in [6, 6.07) is 2.57. The highest BCUT2D eigenvalue weighted by molar-refractivity contribution is 6.38. The van der Waals surface area contributed by atoms with Crippen LogP contribution in [0.2, 0.25) is 10.0 Å². The van der Waals surface area contributed by atoms with Gasteiger partial charge in [-0.1, -0.05) is 23.2 Å². The minimum atomic E-state index is -0.689. The van der Waals surface area contributed by atoms with Gasteiger partial charge in [0.15, 0.2) is 0 Å². The van der Waals surface area contributed by atoms with Crippen molar-refractivity contribution in [3.05, 3.63) is 43.4 Å². The van der Waals surface area contributed by atoms with E-state index in [1.54, 1.807) is 0 Å². The number of nitro benzene ring substituents is 1. The molecule has 4 rings (SSSR count). The fraction of sp³-hybridized carbons (Fsp3) is 0.375. The predicted octanol–water partition coefficient (Wildman–Crippen LogP) is 4.36. The van der Waals surface area contributed by atoms with Crippen molar-refractivity contribution in [1.29, 1.82) is 0 Å². The van der Waals surface area contributed by atoms with Gasteiger partial charge in [0.05, 0.1) is 32.9 Å².